The van der Waals surface area contributed by atoms with Gasteiger partial charge in [-0.05, 0) is 76.6 Å². The zero-order valence-corrected chi connectivity index (χ0v) is 16.5. The Morgan fingerprint density at radius 1 is 0.828 bits per heavy atom. The molecule has 29 heavy (non-hydrogen) atoms. The van der Waals surface area contributed by atoms with Crippen LogP contribution in [0.4, 0.5) is 0 Å². The summed E-state index contributed by atoms with van der Waals surface area (Å²) < 4.78 is 0. The molecule has 0 saturated carbocycles. The summed E-state index contributed by atoms with van der Waals surface area (Å²) in [7, 11) is 0. The monoisotopic (exact) mass is 387 g/mol. The maximum absolute atomic E-state index is 10.8. The van der Waals surface area contributed by atoms with Crippen LogP contribution in [0.3, 0.4) is 0 Å². The van der Waals surface area contributed by atoms with Crippen molar-refractivity contribution in [2.24, 2.45) is 5.18 Å². The highest BCUT2D eigenvalue weighted by Gasteiger charge is 2.15. The first-order chi connectivity index (χ1) is 14.1. The van der Waals surface area contributed by atoms with Crippen LogP contribution in [-0.2, 0) is 6.54 Å². The third-order valence-corrected chi connectivity index (χ3v) is 4.92. The standard InChI is InChI=1S/C25H25NO3/c1-2-3-7-24(21-6-4-5-18(16-21)17-26-29)25(19-8-12-22(27)13-9-19)20-10-14-23(28)15-11-20/h4-6,8-16,27-28H,2-3,7,17H2,1H3. The number of phenols is 2. The van der Waals surface area contributed by atoms with Crippen LogP contribution in [0.5, 0.6) is 11.5 Å². The van der Waals surface area contributed by atoms with Crippen LogP contribution in [0.1, 0.15) is 48.4 Å². The molecule has 0 heterocycles. The zero-order valence-electron chi connectivity index (χ0n) is 16.5. The minimum atomic E-state index is 0.142. The van der Waals surface area contributed by atoms with Gasteiger partial charge in [0, 0.05) is 0 Å². The number of allylic oxidation sites excluding steroid dienone is 1. The van der Waals surface area contributed by atoms with E-state index in [0.717, 1.165) is 52.7 Å². The van der Waals surface area contributed by atoms with Gasteiger partial charge in [-0.3, -0.25) is 0 Å². The Kier molecular flexibility index (Phi) is 6.80. The van der Waals surface area contributed by atoms with E-state index >= 15 is 0 Å². The Morgan fingerprint density at radius 3 is 1.93 bits per heavy atom. The molecule has 0 radical (unpaired) electrons. The van der Waals surface area contributed by atoms with Gasteiger partial charge in [0.15, 0.2) is 0 Å². The minimum absolute atomic E-state index is 0.142. The predicted molar refractivity (Wildman–Crippen MR) is 118 cm³/mol. The number of unbranched alkanes of at least 4 members (excludes halogenated alkanes) is 1. The van der Waals surface area contributed by atoms with Gasteiger partial charge in [0.25, 0.3) is 0 Å². The number of rotatable bonds is 8. The van der Waals surface area contributed by atoms with Crippen molar-refractivity contribution >= 4 is 11.1 Å². The molecule has 0 spiro atoms. The number of hydrogen-bond acceptors (Lipinski definition) is 4. The molecule has 0 aliphatic heterocycles. The molecule has 0 atom stereocenters. The van der Waals surface area contributed by atoms with Crippen molar-refractivity contribution < 1.29 is 10.2 Å². The van der Waals surface area contributed by atoms with Gasteiger partial charge < -0.3 is 10.2 Å². The predicted octanol–water partition coefficient (Wildman–Crippen LogP) is 6.51. The fourth-order valence-electron chi connectivity index (χ4n) is 3.47. The highest BCUT2D eigenvalue weighted by Crippen LogP contribution is 2.36. The van der Waals surface area contributed by atoms with Crippen molar-refractivity contribution in [2.45, 2.75) is 32.7 Å². The fourth-order valence-corrected chi connectivity index (χ4v) is 3.47. The van der Waals surface area contributed by atoms with Gasteiger partial charge in [-0.2, -0.15) is 4.91 Å². The Hall–Kier alpha value is -3.40. The lowest BCUT2D eigenvalue weighted by Gasteiger charge is -2.18. The first-order valence-corrected chi connectivity index (χ1v) is 9.82. The van der Waals surface area contributed by atoms with Crippen LogP contribution in [0.15, 0.2) is 78.0 Å². The summed E-state index contributed by atoms with van der Waals surface area (Å²) in [5, 5.41) is 22.5. The second-order valence-electron chi connectivity index (χ2n) is 7.04. The van der Waals surface area contributed by atoms with Gasteiger partial charge in [0.1, 0.15) is 18.0 Å². The van der Waals surface area contributed by atoms with Gasteiger partial charge in [0.05, 0.1) is 0 Å². The van der Waals surface area contributed by atoms with E-state index in [1.165, 1.54) is 0 Å². The quantitative estimate of drug-likeness (QED) is 0.342. The van der Waals surface area contributed by atoms with Crippen molar-refractivity contribution in [1.29, 1.82) is 0 Å². The summed E-state index contributed by atoms with van der Waals surface area (Å²) in [4.78, 5) is 10.8. The van der Waals surface area contributed by atoms with E-state index < -0.39 is 0 Å². The van der Waals surface area contributed by atoms with E-state index in [0.29, 0.717) is 0 Å². The molecule has 0 aliphatic rings. The Bertz CT molecular complexity index is 942. The molecule has 4 nitrogen and oxygen atoms in total. The van der Waals surface area contributed by atoms with Gasteiger partial charge in [-0.15, -0.1) is 0 Å². The van der Waals surface area contributed by atoms with E-state index in [1.54, 1.807) is 24.3 Å². The summed E-state index contributed by atoms with van der Waals surface area (Å²) in [5.74, 6) is 0.431. The topological polar surface area (TPSA) is 69.9 Å². The average molecular weight is 387 g/mol. The SMILES string of the molecule is CCCCC(=C(c1ccc(O)cc1)c1ccc(O)cc1)c1cccc(CN=O)c1. The summed E-state index contributed by atoms with van der Waals surface area (Å²) in [6, 6.07) is 22.3. The molecule has 148 valence electrons. The molecular weight excluding hydrogens is 362 g/mol. The molecule has 0 aromatic heterocycles. The van der Waals surface area contributed by atoms with Gasteiger partial charge >= 0.3 is 0 Å². The maximum Gasteiger partial charge on any atom is 0.115 e. The summed E-state index contributed by atoms with van der Waals surface area (Å²) in [6.07, 6.45) is 2.94. The normalized spacial score (nSPS) is 10.5. The van der Waals surface area contributed by atoms with Gasteiger partial charge in [-0.25, -0.2) is 0 Å². The van der Waals surface area contributed by atoms with Crippen LogP contribution >= 0.6 is 0 Å². The van der Waals surface area contributed by atoms with Crippen molar-refractivity contribution in [1.82, 2.24) is 0 Å². The van der Waals surface area contributed by atoms with E-state index in [9.17, 15) is 15.1 Å². The Morgan fingerprint density at radius 2 is 1.41 bits per heavy atom. The van der Waals surface area contributed by atoms with E-state index in [-0.39, 0.29) is 18.0 Å². The van der Waals surface area contributed by atoms with Crippen LogP contribution in [0, 0.1) is 4.91 Å². The Balaban J connectivity index is 2.26. The van der Waals surface area contributed by atoms with Gasteiger partial charge in [-0.1, -0.05) is 61.0 Å². The second kappa shape index (κ2) is 9.69. The first-order valence-electron chi connectivity index (χ1n) is 9.82. The number of nitrogens with zero attached hydrogens (tertiary/aromatic N) is 1. The van der Waals surface area contributed by atoms with Crippen LogP contribution in [0.25, 0.3) is 11.1 Å². The lowest BCUT2D eigenvalue weighted by molar-refractivity contribution is 0.475. The van der Waals surface area contributed by atoms with Crippen LogP contribution < -0.4 is 0 Å². The largest absolute Gasteiger partial charge is 0.508 e. The van der Waals surface area contributed by atoms with Crippen LogP contribution in [-0.4, -0.2) is 10.2 Å². The molecule has 0 amide bonds. The maximum atomic E-state index is 10.8. The van der Waals surface area contributed by atoms with Crippen molar-refractivity contribution in [3.63, 3.8) is 0 Å². The number of benzene rings is 3. The van der Waals surface area contributed by atoms with Crippen molar-refractivity contribution in [2.75, 3.05) is 0 Å². The lowest BCUT2D eigenvalue weighted by Crippen LogP contribution is -1.97. The highest BCUT2D eigenvalue weighted by atomic mass is 16.3. The van der Waals surface area contributed by atoms with Crippen molar-refractivity contribution in [3.05, 3.63) is 100.0 Å². The molecule has 3 rings (SSSR count). The Labute approximate surface area is 171 Å². The molecular formula is C25H25NO3. The van der Waals surface area contributed by atoms with Crippen LogP contribution in [0.2, 0.25) is 0 Å². The molecule has 0 fully saturated rings. The molecule has 4 heteroatoms. The third kappa shape index (κ3) is 5.11. The van der Waals surface area contributed by atoms with E-state index in [1.807, 2.05) is 42.5 Å². The van der Waals surface area contributed by atoms with E-state index in [4.69, 9.17) is 0 Å². The molecule has 3 aromatic rings. The number of phenolic OH excluding ortho intramolecular Hbond substituents is 2. The summed E-state index contributed by atoms with van der Waals surface area (Å²) in [5.41, 5.74) is 6.11. The summed E-state index contributed by atoms with van der Waals surface area (Å²) in [6.45, 7) is 2.30. The molecule has 2 N–H and O–H groups in total. The number of hydrogen-bond donors (Lipinski definition) is 2. The fraction of sp³-hybridized carbons (Fsp3) is 0.200. The number of aromatic hydroxyl groups is 2. The lowest BCUT2D eigenvalue weighted by atomic mass is 9.86. The minimum Gasteiger partial charge on any atom is -0.508 e. The molecule has 3 aromatic carbocycles. The summed E-state index contributed by atoms with van der Waals surface area (Å²) >= 11 is 0. The third-order valence-electron chi connectivity index (χ3n) is 4.92. The molecule has 0 saturated heterocycles. The average Bonchev–Trinajstić information content (AvgIpc) is 2.73. The smallest absolute Gasteiger partial charge is 0.115 e. The van der Waals surface area contributed by atoms with E-state index in [2.05, 4.69) is 18.2 Å². The second-order valence-corrected chi connectivity index (χ2v) is 7.04. The molecule has 0 unspecified atom stereocenters. The van der Waals surface area contributed by atoms with Crippen molar-refractivity contribution in [3.8, 4) is 11.5 Å². The van der Waals surface area contributed by atoms with Gasteiger partial charge in [0.2, 0.25) is 0 Å². The first kappa shape index (κ1) is 20.3. The zero-order chi connectivity index (χ0) is 20.6. The number of nitroso groups, excluding NO2 is 1. The molecule has 0 bridgehead atoms. The highest BCUT2D eigenvalue weighted by molar-refractivity contribution is 5.98. The molecule has 0 aliphatic carbocycles.